The maximum Gasteiger partial charge on any atom is 0.0636 e. The Kier molecular flexibility index (Phi) is 3.47. The van der Waals surface area contributed by atoms with Crippen molar-refractivity contribution in [2.45, 2.75) is 0 Å². The van der Waals surface area contributed by atoms with E-state index in [1.54, 1.807) is 0 Å². The van der Waals surface area contributed by atoms with Crippen LogP contribution in [0.1, 0.15) is 9.60 Å². The fraction of sp³-hybridized carbons (Fsp3) is 0. The Labute approximate surface area is 220 Å². The predicted octanol–water partition coefficient (Wildman–Crippen LogP) is 10.1. The van der Waals surface area contributed by atoms with Gasteiger partial charge in [0.25, 0.3) is 0 Å². The van der Waals surface area contributed by atoms with Gasteiger partial charge in [-0.05, 0) is 71.7 Å². The highest BCUT2D eigenvalue weighted by Crippen LogP contribution is 2.46. The van der Waals surface area contributed by atoms with Crippen molar-refractivity contribution in [1.29, 1.82) is 0 Å². The van der Waals surface area contributed by atoms with Gasteiger partial charge < -0.3 is 0 Å². The van der Waals surface area contributed by atoms with Crippen molar-refractivity contribution in [2.75, 3.05) is 0 Å². The first-order valence-corrected chi connectivity index (χ1v) is 11.9. The van der Waals surface area contributed by atoms with Gasteiger partial charge in [-0.2, -0.15) is 0 Å². The summed E-state index contributed by atoms with van der Waals surface area (Å²) in [6, 6.07) is 30.6. The minimum atomic E-state index is -0.373. The average Bonchev–Trinajstić information content (AvgIpc) is 3.04. The van der Waals surface area contributed by atoms with Crippen molar-refractivity contribution >= 4 is 32.3 Å². The van der Waals surface area contributed by atoms with Crippen LogP contribution in [-0.4, -0.2) is 0 Å². The topological polar surface area (TPSA) is 0 Å². The molecule has 0 atom stereocenters. The van der Waals surface area contributed by atoms with Gasteiger partial charge in [0.1, 0.15) is 0 Å². The lowest BCUT2D eigenvalue weighted by Gasteiger charge is -2.19. The summed E-state index contributed by atoms with van der Waals surface area (Å²) >= 11 is 0. The number of fused-ring (bicyclic) bond motifs is 3. The second-order valence-corrected chi connectivity index (χ2v) is 8.76. The second-order valence-electron chi connectivity index (χ2n) is 8.76. The zero-order valence-electron chi connectivity index (χ0n) is 26.3. The Morgan fingerprint density at radius 2 is 1.00 bits per heavy atom. The monoisotopic (exact) mass is 463 g/mol. The fourth-order valence-corrected chi connectivity index (χ4v) is 5.07. The van der Waals surface area contributed by atoms with Crippen LogP contribution >= 0.6 is 0 Å². The summed E-state index contributed by atoms with van der Waals surface area (Å²) in [5.74, 6) is 0. The Balaban J connectivity index is 1.87. The largest absolute Gasteiger partial charge is 0.0636 e. The van der Waals surface area contributed by atoms with Gasteiger partial charge in [0.05, 0.1) is 9.60 Å². The summed E-state index contributed by atoms with van der Waals surface area (Å²) in [5.41, 5.74) is 3.17. The van der Waals surface area contributed by atoms with Gasteiger partial charge >= 0.3 is 0 Å². The molecule has 0 unspecified atom stereocenters. The Morgan fingerprint density at radius 1 is 0.389 bits per heavy atom. The normalized spacial score (nSPS) is 14.1. The molecular weight excluding hydrogens is 432 g/mol. The number of benzene rings is 7. The summed E-state index contributed by atoms with van der Waals surface area (Å²) < 4.78 is 63.9. The summed E-state index contributed by atoms with van der Waals surface area (Å²) in [7, 11) is 0. The van der Waals surface area contributed by atoms with Crippen LogP contribution in [0.2, 0.25) is 0 Å². The zero-order valence-corrected chi connectivity index (χ0v) is 19.3. The molecule has 0 saturated heterocycles. The highest BCUT2D eigenvalue weighted by Gasteiger charge is 2.18. The van der Waals surface area contributed by atoms with Crippen LogP contribution in [0.5, 0.6) is 0 Å². The van der Waals surface area contributed by atoms with E-state index in [1.165, 1.54) is 0 Å². The molecule has 168 valence electrons. The van der Waals surface area contributed by atoms with E-state index >= 15 is 0 Å². The molecule has 7 aromatic rings. The third-order valence-corrected chi connectivity index (χ3v) is 6.68. The lowest BCUT2D eigenvalue weighted by Crippen LogP contribution is -1.92. The van der Waals surface area contributed by atoms with Gasteiger partial charge in [-0.1, -0.05) is 139 Å². The molecule has 0 spiro atoms. The standard InChI is InChI=1S/C36H24/c1-3-12-25(13-4-1)28-22-23-33-34(24-28)35(27-15-5-2-6-16-27)31-19-9-10-20-32(31)36(33)30-21-11-17-26-14-7-8-18-29(26)30/h1-24H/i9D,10D,19D,20D,22D,23D,24D. The van der Waals surface area contributed by atoms with Crippen LogP contribution in [0.3, 0.4) is 0 Å². The molecule has 0 heterocycles. The molecule has 0 N–H and O–H groups in total. The van der Waals surface area contributed by atoms with Crippen molar-refractivity contribution in [3.05, 3.63) is 145 Å². The molecule has 0 radical (unpaired) electrons. The van der Waals surface area contributed by atoms with Crippen molar-refractivity contribution < 1.29 is 9.60 Å². The van der Waals surface area contributed by atoms with Crippen molar-refractivity contribution in [3.8, 4) is 33.4 Å². The third kappa shape index (κ3) is 3.31. The first kappa shape index (κ1) is 14.7. The number of hydrogen-bond donors (Lipinski definition) is 0. The molecular formula is C36H24. The zero-order chi connectivity index (χ0) is 30.0. The van der Waals surface area contributed by atoms with Crippen molar-refractivity contribution in [2.24, 2.45) is 0 Å². The van der Waals surface area contributed by atoms with Gasteiger partial charge in [0.15, 0.2) is 0 Å². The second kappa shape index (κ2) is 8.52. The minimum Gasteiger partial charge on any atom is -0.0622 e. The fourth-order valence-electron chi connectivity index (χ4n) is 5.07. The molecule has 36 heavy (non-hydrogen) atoms. The van der Waals surface area contributed by atoms with E-state index in [9.17, 15) is 4.11 Å². The van der Waals surface area contributed by atoms with E-state index in [0.717, 1.165) is 10.8 Å². The summed E-state index contributed by atoms with van der Waals surface area (Å²) in [5, 5.41) is 3.04. The molecule has 0 bridgehead atoms. The third-order valence-electron chi connectivity index (χ3n) is 6.68. The summed E-state index contributed by atoms with van der Waals surface area (Å²) in [6.07, 6.45) is 0. The predicted molar refractivity (Wildman–Crippen MR) is 155 cm³/mol. The maximum absolute atomic E-state index is 9.63. The highest BCUT2D eigenvalue weighted by atomic mass is 14.2. The molecule has 0 aliphatic rings. The van der Waals surface area contributed by atoms with Crippen LogP contribution in [0, 0.1) is 0 Å². The molecule has 0 aliphatic carbocycles. The van der Waals surface area contributed by atoms with Crippen molar-refractivity contribution in [1.82, 2.24) is 0 Å². The van der Waals surface area contributed by atoms with Gasteiger partial charge in [0.2, 0.25) is 0 Å². The Morgan fingerprint density at radius 3 is 1.78 bits per heavy atom. The van der Waals surface area contributed by atoms with Gasteiger partial charge in [-0.3, -0.25) is 0 Å². The molecule has 7 aromatic carbocycles. The van der Waals surface area contributed by atoms with Crippen LogP contribution < -0.4 is 0 Å². The molecule has 0 heteroatoms. The number of hydrogen-bond acceptors (Lipinski definition) is 0. The van der Waals surface area contributed by atoms with Crippen LogP contribution in [0.15, 0.2) is 145 Å². The van der Waals surface area contributed by atoms with E-state index in [0.29, 0.717) is 44.2 Å². The molecule has 0 aromatic heterocycles. The van der Waals surface area contributed by atoms with Crippen molar-refractivity contribution in [3.63, 3.8) is 0 Å². The van der Waals surface area contributed by atoms with Gasteiger partial charge in [0, 0.05) is 0 Å². The van der Waals surface area contributed by atoms with E-state index in [2.05, 4.69) is 0 Å². The minimum absolute atomic E-state index is 0.0388. The van der Waals surface area contributed by atoms with Gasteiger partial charge in [-0.25, -0.2) is 0 Å². The molecule has 0 nitrogen and oxygen atoms in total. The molecule has 7 rings (SSSR count). The number of rotatable bonds is 3. The molecule has 0 fully saturated rings. The average molecular weight is 464 g/mol. The smallest absolute Gasteiger partial charge is 0.0622 e. The van der Waals surface area contributed by atoms with E-state index < -0.39 is 0 Å². The lowest BCUT2D eigenvalue weighted by atomic mass is 9.84. The van der Waals surface area contributed by atoms with Gasteiger partial charge in [-0.15, -0.1) is 0 Å². The maximum atomic E-state index is 9.63. The first-order valence-electron chi connectivity index (χ1n) is 15.4. The molecule has 0 amide bonds. The van der Waals surface area contributed by atoms with Crippen LogP contribution in [0.4, 0.5) is 0 Å². The van der Waals surface area contributed by atoms with E-state index in [4.69, 9.17) is 5.48 Å². The Bertz CT molecular complexity index is 2240. The van der Waals surface area contributed by atoms with Crippen LogP contribution in [0.25, 0.3) is 65.7 Å². The Hall–Kier alpha value is -4.68. The van der Waals surface area contributed by atoms with E-state index in [1.807, 2.05) is 103 Å². The summed E-state index contributed by atoms with van der Waals surface area (Å²) in [6.45, 7) is 0. The van der Waals surface area contributed by atoms with Crippen LogP contribution in [-0.2, 0) is 0 Å². The molecule has 0 aliphatic heterocycles. The van der Waals surface area contributed by atoms with E-state index in [-0.39, 0.29) is 53.1 Å². The first-order chi connectivity index (χ1) is 20.8. The molecule has 0 saturated carbocycles. The highest BCUT2D eigenvalue weighted by molar-refractivity contribution is 6.24. The lowest BCUT2D eigenvalue weighted by molar-refractivity contribution is 1.63. The summed E-state index contributed by atoms with van der Waals surface area (Å²) in [4.78, 5) is 0. The quantitative estimate of drug-likeness (QED) is 0.229. The SMILES string of the molecule is [2H]c1c([2H])c([2H])c2c(-c3cccc4ccccc34)c3c([2H])c([2H])c(-c4ccccc4)c([2H])c3c(-c3ccccc3)c2c1[2H].